The third kappa shape index (κ3) is 3.05. The Morgan fingerprint density at radius 3 is 2.88 bits per heavy atom. The second-order valence-electron chi connectivity index (χ2n) is 5.65. The number of nitrogens with two attached hydrogens (primary N) is 1. The van der Waals surface area contributed by atoms with Crippen LogP contribution in [-0.4, -0.2) is 28.5 Å². The second kappa shape index (κ2) is 5.15. The van der Waals surface area contributed by atoms with E-state index in [1.807, 2.05) is 12.3 Å². The van der Waals surface area contributed by atoms with Gasteiger partial charge in [-0.05, 0) is 57.8 Å². The molecule has 1 aromatic heterocycles. The van der Waals surface area contributed by atoms with Crippen LogP contribution in [0.15, 0.2) is 24.4 Å². The van der Waals surface area contributed by atoms with Gasteiger partial charge < -0.3 is 5.73 Å². The Labute approximate surface area is 104 Å². The number of pyridine rings is 1. The highest BCUT2D eigenvalue weighted by atomic mass is 15.2. The lowest BCUT2D eigenvalue weighted by atomic mass is 9.82. The average Bonchev–Trinajstić information content (AvgIpc) is 2.33. The Balaban J connectivity index is 2.02. The Morgan fingerprint density at radius 1 is 1.47 bits per heavy atom. The number of aromatic nitrogens is 1. The van der Waals surface area contributed by atoms with E-state index < -0.39 is 0 Å². The molecule has 1 aliphatic rings. The van der Waals surface area contributed by atoms with Crippen LogP contribution >= 0.6 is 0 Å². The summed E-state index contributed by atoms with van der Waals surface area (Å²) in [4.78, 5) is 6.94. The van der Waals surface area contributed by atoms with Crippen molar-refractivity contribution in [3.63, 3.8) is 0 Å². The third-order valence-electron chi connectivity index (χ3n) is 3.86. The fourth-order valence-electron chi connectivity index (χ4n) is 2.76. The molecule has 3 nitrogen and oxygen atoms in total. The van der Waals surface area contributed by atoms with Gasteiger partial charge in [0, 0.05) is 18.3 Å². The molecule has 0 bridgehead atoms. The van der Waals surface area contributed by atoms with Gasteiger partial charge in [-0.3, -0.25) is 9.88 Å². The summed E-state index contributed by atoms with van der Waals surface area (Å²) in [5, 5.41) is 0. The Kier molecular flexibility index (Phi) is 3.79. The van der Waals surface area contributed by atoms with Gasteiger partial charge in [-0.25, -0.2) is 0 Å². The van der Waals surface area contributed by atoms with Crippen LogP contribution in [0.4, 0.5) is 0 Å². The van der Waals surface area contributed by atoms with E-state index in [2.05, 4.69) is 35.9 Å². The van der Waals surface area contributed by atoms with Crippen molar-refractivity contribution in [3.8, 4) is 0 Å². The lowest BCUT2D eigenvalue weighted by Gasteiger charge is -2.45. The number of likely N-dealkylation sites (tertiary alicyclic amines) is 1. The standard InChI is InChI=1S/C14H23N3/c1-14(2)9-12(10-15)6-8-17(14)11-13-5-3-4-7-16-13/h3-5,7,12H,6,8-11,15H2,1-2H3. The summed E-state index contributed by atoms with van der Waals surface area (Å²) in [6.45, 7) is 7.53. The molecule has 2 heterocycles. The minimum atomic E-state index is 0.236. The minimum absolute atomic E-state index is 0.236. The van der Waals surface area contributed by atoms with Crippen molar-refractivity contribution in [2.75, 3.05) is 13.1 Å². The van der Waals surface area contributed by atoms with Gasteiger partial charge in [0.1, 0.15) is 0 Å². The van der Waals surface area contributed by atoms with Gasteiger partial charge in [-0.15, -0.1) is 0 Å². The van der Waals surface area contributed by atoms with Gasteiger partial charge in [0.25, 0.3) is 0 Å². The first-order valence-corrected chi connectivity index (χ1v) is 6.47. The van der Waals surface area contributed by atoms with Crippen molar-refractivity contribution in [3.05, 3.63) is 30.1 Å². The van der Waals surface area contributed by atoms with E-state index in [1.54, 1.807) is 0 Å². The zero-order chi connectivity index (χ0) is 12.3. The smallest absolute Gasteiger partial charge is 0.0544 e. The number of hydrogen-bond donors (Lipinski definition) is 1. The number of nitrogens with zero attached hydrogens (tertiary/aromatic N) is 2. The third-order valence-corrected chi connectivity index (χ3v) is 3.86. The fraction of sp³-hybridized carbons (Fsp3) is 0.643. The number of piperidine rings is 1. The molecule has 1 saturated heterocycles. The predicted octanol–water partition coefficient (Wildman–Crippen LogP) is 2.03. The maximum atomic E-state index is 5.79. The van der Waals surface area contributed by atoms with Gasteiger partial charge >= 0.3 is 0 Å². The van der Waals surface area contributed by atoms with Crippen LogP contribution < -0.4 is 5.73 Å². The Bertz CT molecular complexity index is 348. The van der Waals surface area contributed by atoms with E-state index in [1.165, 1.54) is 12.8 Å². The van der Waals surface area contributed by atoms with Gasteiger partial charge in [-0.2, -0.15) is 0 Å². The Morgan fingerprint density at radius 2 is 2.29 bits per heavy atom. The molecule has 1 atom stereocenters. The number of rotatable bonds is 3. The van der Waals surface area contributed by atoms with E-state index in [4.69, 9.17) is 5.73 Å². The van der Waals surface area contributed by atoms with Gasteiger partial charge in [0.15, 0.2) is 0 Å². The molecule has 0 aliphatic carbocycles. The Hall–Kier alpha value is -0.930. The van der Waals surface area contributed by atoms with E-state index in [0.29, 0.717) is 5.92 Å². The maximum Gasteiger partial charge on any atom is 0.0544 e. The van der Waals surface area contributed by atoms with E-state index >= 15 is 0 Å². The van der Waals surface area contributed by atoms with E-state index in [0.717, 1.165) is 25.3 Å². The maximum absolute atomic E-state index is 5.79. The molecular formula is C14H23N3. The highest BCUT2D eigenvalue weighted by Gasteiger charge is 2.34. The molecule has 3 heteroatoms. The van der Waals surface area contributed by atoms with E-state index in [-0.39, 0.29) is 5.54 Å². The summed E-state index contributed by atoms with van der Waals surface area (Å²) in [5.74, 6) is 0.685. The van der Waals surface area contributed by atoms with Crippen LogP contribution in [0, 0.1) is 5.92 Å². The highest BCUT2D eigenvalue weighted by molar-refractivity contribution is 5.05. The second-order valence-corrected chi connectivity index (χ2v) is 5.65. The first-order valence-electron chi connectivity index (χ1n) is 6.47. The van der Waals surface area contributed by atoms with Crippen LogP contribution in [-0.2, 0) is 6.54 Å². The van der Waals surface area contributed by atoms with Crippen LogP contribution in [0.3, 0.4) is 0 Å². The zero-order valence-corrected chi connectivity index (χ0v) is 10.9. The summed E-state index contributed by atoms with van der Waals surface area (Å²) in [5.41, 5.74) is 7.19. The molecule has 2 N–H and O–H groups in total. The molecule has 1 fully saturated rings. The lowest BCUT2D eigenvalue weighted by molar-refractivity contribution is 0.0407. The SMILES string of the molecule is CC1(C)CC(CN)CCN1Cc1ccccn1. The molecule has 2 rings (SSSR count). The molecule has 0 saturated carbocycles. The summed E-state index contributed by atoms with van der Waals surface area (Å²) < 4.78 is 0. The molecule has 1 unspecified atom stereocenters. The van der Waals surface area contributed by atoms with Crippen molar-refractivity contribution < 1.29 is 0 Å². The van der Waals surface area contributed by atoms with Crippen LogP contribution in [0.25, 0.3) is 0 Å². The van der Waals surface area contributed by atoms with Crippen molar-refractivity contribution in [1.82, 2.24) is 9.88 Å². The minimum Gasteiger partial charge on any atom is -0.330 e. The molecule has 0 radical (unpaired) electrons. The van der Waals surface area contributed by atoms with Gasteiger partial charge in [0.05, 0.1) is 5.69 Å². The molecule has 0 aromatic carbocycles. The largest absolute Gasteiger partial charge is 0.330 e. The molecule has 94 valence electrons. The van der Waals surface area contributed by atoms with Crippen LogP contribution in [0.2, 0.25) is 0 Å². The first-order chi connectivity index (χ1) is 8.12. The topological polar surface area (TPSA) is 42.1 Å². The van der Waals surface area contributed by atoms with Crippen molar-refractivity contribution in [2.24, 2.45) is 11.7 Å². The van der Waals surface area contributed by atoms with Gasteiger partial charge in [-0.1, -0.05) is 6.07 Å². The van der Waals surface area contributed by atoms with E-state index in [9.17, 15) is 0 Å². The molecule has 1 aromatic rings. The van der Waals surface area contributed by atoms with Crippen LogP contribution in [0.5, 0.6) is 0 Å². The molecule has 0 amide bonds. The predicted molar refractivity (Wildman–Crippen MR) is 70.5 cm³/mol. The number of hydrogen-bond acceptors (Lipinski definition) is 3. The first kappa shape index (κ1) is 12.5. The molecule has 0 spiro atoms. The molecular weight excluding hydrogens is 210 g/mol. The average molecular weight is 233 g/mol. The van der Waals surface area contributed by atoms with Gasteiger partial charge in [0.2, 0.25) is 0 Å². The lowest BCUT2D eigenvalue weighted by Crippen LogP contribution is -2.50. The quantitative estimate of drug-likeness (QED) is 0.868. The summed E-state index contributed by atoms with van der Waals surface area (Å²) >= 11 is 0. The molecule has 1 aliphatic heterocycles. The normalized spacial score (nSPS) is 24.8. The summed E-state index contributed by atoms with van der Waals surface area (Å²) in [6.07, 6.45) is 4.28. The highest BCUT2D eigenvalue weighted by Crippen LogP contribution is 2.31. The molecule has 17 heavy (non-hydrogen) atoms. The van der Waals surface area contributed by atoms with Crippen LogP contribution in [0.1, 0.15) is 32.4 Å². The summed E-state index contributed by atoms with van der Waals surface area (Å²) in [7, 11) is 0. The fourth-order valence-corrected chi connectivity index (χ4v) is 2.76. The monoisotopic (exact) mass is 233 g/mol. The van der Waals surface area contributed by atoms with Crippen molar-refractivity contribution >= 4 is 0 Å². The zero-order valence-electron chi connectivity index (χ0n) is 10.9. The van der Waals surface area contributed by atoms with Crippen molar-refractivity contribution in [1.29, 1.82) is 0 Å². The van der Waals surface area contributed by atoms with Crippen molar-refractivity contribution in [2.45, 2.75) is 38.8 Å². The summed E-state index contributed by atoms with van der Waals surface area (Å²) in [6, 6.07) is 6.13.